The highest BCUT2D eigenvalue weighted by Crippen LogP contribution is 2.37. The van der Waals surface area contributed by atoms with Gasteiger partial charge in [-0.15, -0.1) is 0 Å². The number of furan rings is 1. The van der Waals surface area contributed by atoms with Gasteiger partial charge >= 0.3 is 0 Å². The predicted octanol–water partition coefficient (Wildman–Crippen LogP) is 5.41. The number of ether oxygens (including phenoxy) is 1. The van der Waals surface area contributed by atoms with E-state index in [9.17, 15) is 19.7 Å². The highest BCUT2D eigenvalue weighted by Gasteiger charge is 2.35. The number of imide groups is 1. The van der Waals surface area contributed by atoms with Gasteiger partial charge in [-0.25, -0.2) is 0 Å². The number of carbonyl (C=O) groups excluding carboxylic acids is 2. The van der Waals surface area contributed by atoms with E-state index in [4.69, 9.17) is 9.15 Å². The Labute approximate surface area is 187 Å². The average molecular weight is 450 g/mol. The molecule has 1 aliphatic rings. The molecule has 1 fully saturated rings. The fraction of sp³-hybridized carbons (Fsp3) is 0.130. The summed E-state index contributed by atoms with van der Waals surface area (Å²) in [6.45, 7) is 2.17. The summed E-state index contributed by atoms with van der Waals surface area (Å²) in [7, 11) is 1.41. The van der Waals surface area contributed by atoms with Gasteiger partial charge in [0.05, 0.1) is 35.1 Å². The van der Waals surface area contributed by atoms with Crippen molar-refractivity contribution in [2.75, 3.05) is 7.11 Å². The number of rotatable bonds is 6. The maximum Gasteiger partial charge on any atom is 0.293 e. The van der Waals surface area contributed by atoms with Gasteiger partial charge in [-0.2, -0.15) is 0 Å². The van der Waals surface area contributed by atoms with Crippen LogP contribution in [0.15, 0.2) is 63.9 Å². The number of nitro groups is 1. The first-order chi connectivity index (χ1) is 15.4. The maximum atomic E-state index is 12.8. The number of methoxy groups -OCH3 is 1. The monoisotopic (exact) mass is 450 g/mol. The summed E-state index contributed by atoms with van der Waals surface area (Å²) in [5.74, 6) is 0.702. The van der Waals surface area contributed by atoms with Crippen LogP contribution in [0.25, 0.3) is 17.4 Å². The molecule has 0 atom stereocenters. The minimum atomic E-state index is -0.507. The quantitative estimate of drug-likeness (QED) is 0.281. The first-order valence-corrected chi connectivity index (χ1v) is 10.4. The molecule has 0 spiro atoms. The maximum absolute atomic E-state index is 12.8. The molecular weight excluding hydrogens is 432 g/mol. The molecule has 4 rings (SSSR count). The first kappa shape index (κ1) is 21.4. The molecule has 0 radical (unpaired) electrons. The fourth-order valence-corrected chi connectivity index (χ4v) is 4.03. The zero-order valence-electron chi connectivity index (χ0n) is 17.2. The van der Waals surface area contributed by atoms with Crippen molar-refractivity contribution in [1.82, 2.24) is 4.90 Å². The van der Waals surface area contributed by atoms with Crippen molar-refractivity contribution in [3.05, 3.63) is 86.5 Å². The third kappa shape index (κ3) is 4.28. The van der Waals surface area contributed by atoms with Crippen LogP contribution in [0.1, 0.15) is 16.9 Å². The van der Waals surface area contributed by atoms with E-state index in [1.807, 2.05) is 31.2 Å². The van der Waals surface area contributed by atoms with Gasteiger partial charge in [-0.1, -0.05) is 29.8 Å². The van der Waals surface area contributed by atoms with Crippen molar-refractivity contribution in [2.45, 2.75) is 13.5 Å². The van der Waals surface area contributed by atoms with Crippen LogP contribution in [0.5, 0.6) is 5.75 Å². The summed E-state index contributed by atoms with van der Waals surface area (Å²) in [5.41, 5.74) is 2.40. The molecule has 0 aliphatic carbocycles. The lowest BCUT2D eigenvalue weighted by molar-refractivity contribution is -0.384. The van der Waals surface area contributed by atoms with Gasteiger partial charge < -0.3 is 9.15 Å². The van der Waals surface area contributed by atoms with Crippen LogP contribution >= 0.6 is 11.8 Å². The molecule has 0 N–H and O–H groups in total. The zero-order chi connectivity index (χ0) is 22.8. The van der Waals surface area contributed by atoms with E-state index in [1.54, 1.807) is 12.1 Å². The number of hydrogen-bond acceptors (Lipinski definition) is 7. The van der Waals surface area contributed by atoms with E-state index in [0.29, 0.717) is 22.8 Å². The van der Waals surface area contributed by atoms with Gasteiger partial charge in [0, 0.05) is 12.1 Å². The summed E-state index contributed by atoms with van der Waals surface area (Å²) >= 11 is 0.856. The number of amides is 2. The standard InChI is InChI=1S/C23H18N2O6S/c1-14-3-5-15(6-4-14)13-24-22(26)21(32-23(24)27)12-17-8-10-19(31-17)18-9-7-16(25(28)29)11-20(18)30-2/h3-12H,13H2,1-2H3/b21-12-. The smallest absolute Gasteiger partial charge is 0.293 e. The lowest BCUT2D eigenvalue weighted by atomic mass is 10.1. The van der Waals surface area contributed by atoms with Crippen molar-refractivity contribution in [3.8, 4) is 17.1 Å². The Bertz CT molecular complexity index is 1250. The Morgan fingerprint density at radius 1 is 1.12 bits per heavy atom. The number of nitro benzene ring substituents is 1. The average Bonchev–Trinajstić information content (AvgIpc) is 3.34. The lowest BCUT2D eigenvalue weighted by Gasteiger charge is -2.12. The first-order valence-electron chi connectivity index (χ1n) is 9.59. The number of aryl methyl sites for hydroxylation is 1. The van der Waals surface area contributed by atoms with Crippen molar-refractivity contribution in [2.24, 2.45) is 0 Å². The number of hydrogen-bond donors (Lipinski definition) is 0. The van der Waals surface area contributed by atoms with Crippen LogP contribution in [0.4, 0.5) is 10.5 Å². The van der Waals surface area contributed by atoms with Crippen LogP contribution in [0, 0.1) is 17.0 Å². The van der Waals surface area contributed by atoms with Crippen molar-refractivity contribution < 1.29 is 23.7 Å². The van der Waals surface area contributed by atoms with E-state index >= 15 is 0 Å². The topological polar surface area (TPSA) is 103 Å². The molecule has 0 saturated carbocycles. The van der Waals surface area contributed by atoms with Crippen LogP contribution < -0.4 is 4.74 Å². The summed E-state index contributed by atoms with van der Waals surface area (Å²) in [6, 6.07) is 15.2. The molecule has 1 aliphatic heterocycles. The van der Waals surface area contributed by atoms with Crippen LogP contribution in [0.2, 0.25) is 0 Å². The summed E-state index contributed by atoms with van der Waals surface area (Å²) in [4.78, 5) is 37.1. The Kier molecular flexibility index (Phi) is 5.83. The van der Waals surface area contributed by atoms with Crippen molar-refractivity contribution in [3.63, 3.8) is 0 Å². The lowest BCUT2D eigenvalue weighted by Crippen LogP contribution is -2.27. The largest absolute Gasteiger partial charge is 0.496 e. The second kappa shape index (κ2) is 8.72. The molecule has 2 heterocycles. The normalized spacial score (nSPS) is 14.9. The molecule has 8 nitrogen and oxygen atoms in total. The summed E-state index contributed by atoms with van der Waals surface area (Å²) in [6.07, 6.45) is 1.52. The van der Waals surface area contributed by atoms with Gasteiger partial charge in [0.1, 0.15) is 17.3 Å². The van der Waals surface area contributed by atoms with Crippen LogP contribution in [-0.4, -0.2) is 28.1 Å². The van der Waals surface area contributed by atoms with E-state index in [1.165, 1.54) is 36.3 Å². The highest BCUT2D eigenvalue weighted by atomic mass is 32.2. The molecule has 9 heteroatoms. The van der Waals surface area contributed by atoms with E-state index in [0.717, 1.165) is 22.9 Å². The second-order valence-electron chi connectivity index (χ2n) is 7.10. The molecule has 162 valence electrons. The number of carbonyl (C=O) groups is 2. The van der Waals surface area contributed by atoms with Crippen LogP contribution in [-0.2, 0) is 11.3 Å². The van der Waals surface area contributed by atoms with Crippen LogP contribution in [0.3, 0.4) is 0 Å². The molecular formula is C23H18N2O6S. The SMILES string of the molecule is COc1cc([N+](=O)[O-])ccc1-c1ccc(/C=C2\SC(=O)N(Cc3ccc(C)cc3)C2=O)o1. The van der Waals surface area contributed by atoms with Crippen molar-refractivity contribution in [1.29, 1.82) is 0 Å². The number of thioether (sulfide) groups is 1. The summed E-state index contributed by atoms with van der Waals surface area (Å²) < 4.78 is 11.1. The van der Waals surface area contributed by atoms with Gasteiger partial charge in [-0.3, -0.25) is 24.6 Å². The van der Waals surface area contributed by atoms with Crippen molar-refractivity contribution >= 4 is 34.7 Å². The van der Waals surface area contributed by atoms with Gasteiger partial charge in [0.15, 0.2) is 0 Å². The Morgan fingerprint density at radius 2 is 1.88 bits per heavy atom. The molecule has 32 heavy (non-hydrogen) atoms. The fourth-order valence-electron chi connectivity index (χ4n) is 3.21. The predicted molar refractivity (Wildman–Crippen MR) is 120 cm³/mol. The molecule has 2 aromatic carbocycles. The number of benzene rings is 2. The van der Waals surface area contributed by atoms with E-state index in [-0.39, 0.29) is 28.3 Å². The summed E-state index contributed by atoms with van der Waals surface area (Å²) in [5, 5.41) is 10.6. The second-order valence-corrected chi connectivity index (χ2v) is 8.09. The molecule has 2 amide bonds. The minimum absolute atomic E-state index is 0.0976. The number of nitrogens with zero attached hydrogens (tertiary/aromatic N) is 2. The van der Waals surface area contributed by atoms with E-state index in [2.05, 4.69) is 0 Å². The molecule has 3 aromatic rings. The van der Waals surface area contributed by atoms with Gasteiger partial charge in [0.2, 0.25) is 0 Å². The number of non-ortho nitro benzene ring substituents is 1. The third-order valence-electron chi connectivity index (χ3n) is 4.90. The molecule has 0 unspecified atom stereocenters. The highest BCUT2D eigenvalue weighted by molar-refractivity contribution is 8.18. The van der Waals surface area contributed by atoms with Gasteiger partial charge in [-0.05, 0) is 42.4 Å². The third-order valence-corrected chi connectivity index (χ3v) is 5.80. The van der Waals surface area contributed by atoms with Gasteiger partial charge in [0.25, 0.3) is 16.8 Å². The Morgan fingerprint density at radius 3 is 2.56 bits per heavy atom. The molecule has 1 saturated heterocycles. The van der Waals surface area contributed by atoms with E-state index < -0.39 is 4.92 Å². The zero-order valence-corrected chi connectivity index (χ0v) is 18.0. The Hall–Kier alpha value is -3.85. The Balaban J connectivity index is 1.55. The molecule has 1 aromatic heterocycles. The minimum Gasteiger partial charge on any atom is -0.496 e. The molecule has 0 bridgehead atoms.